The highest BCUT2D eigenvalue weighted by atomic mass is 32.2. The van der Waals surface area contributed by atoms with Crippen molar-refractivity contribution in [2.45, 2.75) is 48.8 Å². The molecular weight excluding hydrogens is 401 g/mol. The second-order valence-electron chi connectivity index (χ2n) is 4.56. The Kier molecular flexibility index (Phi) is 5.34. The summed E-state index contributed by atoms with van der Waals surface area (Å²) in [5.74, 6) is -25.4. The summed E-state index contributed by atoms with van der Waals surface area (Å²) in [5, 5.41) is -6.93. The molecule has 0 heterocycles. The highest BCUT2D eigenvalue weighted by Gasteiger charge is 2.82. The zero-order valence-electron chi connectivity index (χ0n) is 11.2. The quantitative estimate of drug-likeness (QED) is 0.516. The second-order valence-corrected chi connectivity index (χ2v) is 6.02. The topological polar surface area (TPSA) is 63.6 Å². The first-order valence-electron chi connectivity index (χ1n) is 5.21. The molecule has 0 fully saturated rings. The zero-order chi connectivity index (χ0) is 20.2. The molecule has 4 nitrogen and oxygen atoms in total. The summed E-state index contributed by atoms with van der Waals surface area (Å²) in [5.41, 5.74) is 0. The summed E-state index contributed by atoms with van der Waals surface area (Å²) < 4.78 is 173. The molecule has 0 aromatic heterocycles. The van der Waals surface area contributed by atoms with Crippen molar-refractivity contribution >= 4 is 10.1 Å². The molecule has 0 saturated heterocycles. The van der Waals surface area contributed by atoms with Gasteiger partial charge in [-0.3, -0.25) is 9.29 Å². The molecule has 0 aliphatic rings. The molecule has 24 heavy (non-hydrogen) atoms. The van der Waals surface area contributed by atoms with Crippen LogP contribution in [0.1, 0.15) is 13.8 Å². The molecule has 1 unspecified atom stereocenters. The monoisotopic (exact) mass is 408 g/mol. The lowest BCUT2D eigenvalue weighted by Gasteiger charge is -2.41. The van der Waals surface area contributed by atoms with E-state index in [4.69, 9.17) is 4.55 Å². The van der Waals surface area contributed by atoms with Crippen molar-refractivity contribution in [2.75, 3.05) is 0 Å². The first-order valence-corrected chi connectivity index (χ1v) is 6.65. The largest absolute Gasteiger partial charge is 0.460 e. The number of rotatable bonds is 7. The van der Waals surface area contributed by atoms with Gasteiger partial charge < -0.3 is 0 Å². The molecule has 0 amide bonds. The van der Waals surface area contributed by atoms with Crippen molar-refractivity contribution in [1.82, 2.24) is 0 Å². The Balaban J connectivity index is 6.41. The third kappa shape index (κ3) is 3.40. The summed E-state index contributed by atoms with van der Waals surface area (Å²) in [7, 11) is -7.21. The van der Waals surface area contributed by atoms with Crippen LogP contribution in [0.25, 0.3) is 0 Å². The average Bonchev–Trinajstić information content (AvgIpc) is 2.22. The van der Waals surface area contributed by atoms with Crippen molar-refractivity contribution < 1.29 is 66.0 Å². The van der Waals surface area contributed by atoms with Crippen LogP contribution < -0.4 is 0 Å². The first-order chi connectivity index (χ1) is 9.96. The van der Waals surface area contributed by atoms with Crippen LogP contribution in [-0.4, -0.2) is 48.0 Å². The SMILES string of the molecule is CC(F)(F)C(F)(F)C(F)(OC(F)(F)C(F)(F)S(=O)(=O)O)C(C)(F)F. The highest BCUT2D eigenvalue weighted by molar-refractivity contribution is 7.86. The minimum Gasteiger partial charge on any atom is -0.281 e. The summed E-state index contributed by atoms with van der Waals surface area (Å²) >= 11 is 0. The summed E-state index contributed by atoms with van der Waals surface area (Å²) in [6, 6.07) is 0. The second kappa shape index (κ2) is 5.55. The molecule has 16 heteroatoms. The third-order valence-corrected chi connectivity index (χ3v) is 3.34. The lowest BCUT2D eigenvalue weighted by molar-refractivity contribution is -0.474. The van der Waals surface area contributed by atoms with Crippen LogP contribution in [0.5, 0.6) is 0 Å². The third-order valence-electron chi connectivity index (χ3n) is 2.45. The van der Waals surface area contributed by atoms with Crippen molar-refractivity contribution in [2.24, 2.45) is 0 Å². The van der Waals surface area contributed by atoms with Gasteiger partial charge in [-0.25, -0.2) is 8.78 Å². The maximum Gasteiger partial charge on any atom is 0.460 e. The molecule has 0 aromatic carbocycles. The molecular formula is C8H7F11O4S. The van der Waals surface area contributed by atoms with Crippen molar-refractivity contribution in [3.63, 3.8) is 0 Å². The van der Waals surface area contributed by atoms with E-state index in [2.05, 4.69) is 0 Å². The molecule has 0 bridgehead atoms. The lowest BCUT2D eigenvalue weighted by atomic mass is 9.99. The van der Waals surface area contributed by atoms with Crippen LogP contribution in [0, 0.1) is 0 Å². The summed E-state index contributed by atoms with van der Waals surface area (Å²) in [4.78, 5) is 0. The van der Waals surface area contributed by atoms with Crippen LogP contribution in [0.15, 0.2) is 0 Å². The number of hydrogen-bond donors (Lipinski definition) is 1. The van der Waals surface area contributed by atoms with E-state index in [0.717, 1.165) is 0 Å². The lowest BCUT2D eigenvalue weighted by Crippen LogP contribution is -2.68. The maximum atomic E-state index is 13.7. The van der Waals surface area contributed by atoms with Crippen LogP contribution in [0.3, 0.4) is 0 Å². The minimum atomic E-state index is -7.21. The van der Waals surface area contributed by atoms with E-state index >= 15 is 0 Å². The van der Waals surface area contributed by atoms with E-state index in [9.17, 15) is 56.7 Å². The van der Waals surface area contributed by atoms with E-state index < -0.39 is 59.0 Å². The van der Waals surface area contributed by atoms with Gasteiger partial charge in [0, 0.05) is 13.8 Å². The standard InChI is InChI=1S/C8H7F11O4S/c1-3(9,10)5(13,14)6(15,4(2,11)12)23-7(16,17)8(18,19)24(20,21)22/h1-2H3,(H,20,21,22). The number of hydrogen-bond acceptors (Lipinski definition) is 3. The van der Waals surface area contributed by atoms with Gasteiger partial charge in [-0.05, 0) is 0 Å². The number of ether oxygens (including phenoxy) is 1. The van der Waals surface area contributed by atoms with Crippen LogP contribution in [0.4, 0.5) is 48.3 Å². The van der Waals surface area contributed by atoms with Crippen LogP contribution in [0.2, 0.25) is 0 Å². The molecule has 146 valence electrons. The van der Waals surface area contributed by atoms with E-state index in [1.54, 1.807) is 0 Å². The normalized spacial score (nSPS) is 18.4. The summed E-state index contributed by atoms with van der Waals surface area (Å²) in [6.07, 6.45) is -7.09. The molecule has 1 atom stereocenters. The molecule has 0 aliphatic carbocycles. The molecule has 1 N–H and O–H groups in total. The summed E-state index contributed by atoms with van der Waals surface area (Å²) in [6.45, 7) is -1.91. The van der Waals surface area contributed by atoms with Gasteiger partial charge in [0.1, 0.15) is 0 Å². The van der Waals surface area contributed by atoms with Gasteiger partial charge >= 0.3 is 45.1 Å². The fourth-order valence-electron chi connectivity index (χ4n) is 1.10. The van der Waals surface area contributed by atoms with Crippen LogP contribution in [-0.2, 0) is 14.9 Å². The van der Waals surface area contributed by atoms with Crippen molar-refractivity contribution in [3.05, 3.63) is 0 Å². The molecule has 0 aliphatic heterocycles. The predicted octanol–water partition coefficient (Wildman–Crippen LogP) is 3.69. The Hall–Kier alpha value is -0.900. The maximum absolute atomic E-state index is 13.7. The zero-order valence-corrected chi connectivity index (χ0v) is 12.1. The minimum absolute atomic E-state index is 0.921. The molecule has 0 radical (unpaired) electrons. The predicted molar refractivity (Wildman–Crippen MR) is 52.6 cm³/mol. The smallest absolute Gasteiger partial charge is 0.281 e. The van der Waals surface area contributed by atoms with E-state index in [1.807, 2.05) is 4.74 Å². The van der Waals surface area contributed by atoms with E-state index in [1.165, 1.54) is 0 Å². The van der Waals surface area contributed by atoms with E-state index in [0.29, 0.717) is 0 Å². The van der Waals surface area contributed by atoms with Gasteiger partial charge in [0.15, 0.2) is 0 Å². The van der Waals surface area contributed by atoms with Gasteiger partial charge in [0.25, 0.3) is 0 Å². The Morgan fingerprint density at radius 3 is 1.29 bits per heavy atom. The van der Waals surface area contributed by atoms with Gasteiger partial charge in [0.05, 0.1) is 0 Å². The molecule has 0 spiro atoms. The van der Waals surface area contributed by atoms with Crippen molar-refractivity contribution in [3.8, 4) is 0 Å². The Bertz CT molecular complexity index is 576. The van der Waals surface area contributed by atoms with Gasteiger partial charge in [-0.15, -0.1) is 0 Å². The Morgan fingerprint density at radius 2 is 1.08 bits per heavy atom. The Morgan fingerprint density at radius 1 is 0.750 bits per heavy atom. The average molecular weight is 408 g/mol. The first kappa shape index (κ1) is 23.1. The highest BCUT2D eigenvalue weighted by Crippen LogP contribution is 2.55. The van der Waals surface area contributed by atoms with Gasteiger partial charge in [-0.1, -0.05) is 0 Å². The van der Waals surface area contributed by atoms with Gasteiger partial charge in [0.2, 0.25) is 0 Å². The fraction of sp³-hybridized carbons (Fsp3) is 1.00. The number of alkyl halides is 11. The van der Waals surface area contributed by atoms with Crippen LogP contribution >= 0.6 is 0 Å². The number of halogens is 11. The Labute approximate surface area is 126 Å². The fourth-order valence-corrected chi connectivity index (χ4v) is 1.44. The molecule has 0 saturated carbocycles. The van der Waals surface area contributed by atoms with Crippen molar-refractivity contribution in [1.29, 1.82) is 0 Å². The van der Waals surface area contributed by atoms with E-state index in [-0.39, 0.29) is 0 Å². The molecule has 0 rings (SSSR count). The molecule has 0 aromatic rings. The van der Waals surface area contributed by atoms with Gasteiger partial charge in [-0.2, -0.15) is 47.9 Å².